The van der Waals surface area contributed by atoms with Crippen molar-refractivity contribution in [3.8, 4) is 11.9 Å². The first-order valence-corrected chi connectivity index (χ1v) is 9.88. The lowest BCUT2D eigenvalue weighted by atomic mass is 10.0. The molecule has 0 bridgehead atoms. The summed E-state index contributed by atoms with van der Waals surface area (Å²) in [5.74, 6) is -0.293. The second-order valence-electron chi connectivity index (χ2n) is 7.44. The third-order valence-electron chi connectivity index (χ3n) is 5.15. The van der Waals surface area contributed by atoms with Crippen LogP contribution in [0.25, 0.3) is 16.7 Å². The van der Waals surface area contributed by atoms with Gasteiger partial charge in [-0.2, -0.15) is 23.5 Å². The third kappa shape index (κ3) is 4.39. The summed E-state index contributed by atoms with van der Waals surface area (Å²) in [5, 5.41) is 20.0. The van der Waals surface area contributed by atoms with Gasteiger partial charge in [0.1, 0.15) is 0 Å². The zero-order valence-electron chi connectivity index (χ0n) is 17.6. The van der Waals surface area contributed by atoms with E-state index in [1.54, 1.807) is 50.2 Å². The number of carbonyl (C=O) groups is 1. The predicted molar refractivity (Wildman–Crippen MR) is 113 cm³/mol. The summed E-state index contributed by atoms with van der Waals surface area (Å²) in [6.45, 7) is 3.52. The number of nitrogens with zero attached hydrogens (tertiary/aromatic N) is 5. The van der Waals surface area contributed by atoms with Crippen molar-refractivity contribution in [1.82, 2.24) is 25.3 Å². The van der Waals surface area contributed by atoms with Gasteiger partial charge in [0.05, 0.1) is 29.4 Å². The van der Waals surface area contributed by atoms with Gasteiger partial charge < -0.3 is 5.32 Å². The van der Waals surface area contributed by atoms with E-state index in [0.29, 0.717) is 34.0 Å². The lowest BCUT2D eigenvalue weighted by molar-refractivity contribution is -0.141. The van der Waals surface area contributed by atoms with E-state index in [9.17, 15) is 18.0 Å². The maximum absolute atomic E-state index is 13.0. The molecule has 0 saturated carbocycles. The molecule has 0 aliphatic carbocycles. The van der Waals surface area contributed by atoms with E-state index in [1.165, 1.54) is 6.07 Å². The Balaban J connectivity index is 1.73. The topological polar surface area (TPSA) is 96.5 Å². The van der Waals surface area contributed by atoms with Gasteiger partial charge >= 0.3 is 6.18 Å². The number of benzene rings is 2. The Morgan fingerprint density at radius 3 is 2.64 bits per heavy atom. The van der Waals surface area contributed by atoms with Crippen molar-refractivity contribution in [2.45, 2.75) is 26.1 Å². The van der Waals surface area contributed by atoms with Gasteiger partial charge in [-0.1, -0.05) is 24.3 Å². The number of fused-ring (bicyclic) bond motifs is 1. The van der Waals surface area contributed by atoms with E-state index in [1.807, 2.05) is 12.1 Å². The molecule has 1 unspecified atom stereocenters. The van der Waals surface area contributed by atoms with E-state index in [4.69, 9.17) is 5.26 Å². The Morgan fingerprint density at radius 1 is 1.18 bits per heavy atom. The molecule has 0 fully saturated rings. The van der Waals surface area contributed by atoms with Crippen molar-refractivity contribution in [2.75, 3.05) is 0 Å². The molecule has 33 heavy (non-hydrogen) atoms. The van der Waals surface area contributed by atoms with E-state index < -0.39 is 17.9 Å². The lowest BCUT2D eigenvalue weighted by Gasteiger charge is -2.18. The molecule has 0 spiro atoms. The highest BCUT2D eigenvalue weighted by Crippen LogP contribution is 2.29. The second-order valence-corrected chi connectivity index (χ2v) is 7.44. The van der Waals surface area contributed by atoms with Gasteiger partial charge in [0.2, 0.25) is 0 Å². The first kappa shape index (κ1) is 22.0. The number of carbonyl (C=O) groups excluding carboxylic acids is 1. The Labute approximate surface area is 186 Å². The first-order valence-electron chi connectivity index (χ1n) is 9.88. The van der Waals surface area contributed by atoms with E-state index >= 15 is 0 Å². The van der Waals surface area contributed by atoms with E-state index in [0.717, 1.165) is 10.2 Å². The molecule has 2 aromatic heterocycles. The van der Waals surface area contributed by atoms with E-state index in [-0.39, 0.29) is 11.7 Å². The Morgan fingerprint density at radius 2 is 1.94 bits per heavy atom. The number of aryl methyl sites for hydroxylation is 1. The Kier molecular flexibility index (Phi) is 5.55. The molecular formula is C23H17F3N6O. The Bertz CT molecular complexity index is 1400. The van der Waals surface area contributed by atoms with Crippen molar-refractivity contribution in [3.63, 3.8) is 0 Å². The number of nitriles is 1. The minimum absolute atomic E-state index is 0.0861. The number of nitrogens with one attached hydrogen (secondary N) is 1. The number of hydrogen-bond acceptors (Lipinski definition) is 5. The highest BCUT2D eigenvalue weighted by atomic mass is 19.4. The molecule has 1 amide bonds. The summed E-state index contributed by atoms with van der Waals surface area (Å²) >= 11 is 0. The number of aromatic nitrogens is 4. The normalized spacial score (nSPS) is 12.4. The van der Waals surface area contributed by atoms with Gasteiger partial charge in [0.25, 0.3) is 5.91 Å². The summed E-state index contributed by atoms with van der Waals surface area (Å²) in [7, 11) is 0. The average molecular weight is 450 g/mol. The molecule has 10 heteroatoms. The van der Waals surface area contributed by atoms with Crippen LogP contribution >= 0.6 is 0 Å². The molecule has 1 N–H and O–H groups in total. The standard InChI is InChI=1S/C23H17F3N6O/c1-13-7-8-15(11-27)9-17(13)22(33)29-14(2)18-10-21(30-19-6-4-3-5-16(18)19)32-28-12-20(31-32)23(24,25)26/h3-10,12,14H,1-2H3,(H,29,33). The predicted octanol–water partition coefficient (Wildman–Crippen LogP) is 4.51. The molecule has 4 rings (SSSR count). The van der Waals surface area contributed by atoms with E-state index in [2.05, 4.69) is 20.5 Å². The van der Waals surface area contributed by atoms with Crippen molar-refractivity contribution in [1.29, 1.82) is 5.26 Å². The van der Waals surface area contributed by atoms with Crippen LogP contribution in [0.2, 0.25) is 0 Å². The van der Waals surface area contributed by atoms with Crippen LogP contribution in [0.15, 0.2) is 54.7 Å². The summed E-state index contributed by atoms with van der Waals surface area (Å²) in [6, 6.07) is 14.9. The summed E-state index contributed by atoms with van der Waals surface area (Å²) in [4.78, 5) is 18.1. The van der Waals surface area contributed by atoms with Crippen LogP contribution in [0.1, 0.15) is 45.7 Å². The SMILES string of the molecule is Cc1ccc(C#N)cc1C(=O)NC(C)c1cc(-n2ncc(C(F)(F)F)n2)nc2ccccc12. The van der Waals surface area contributed by atoms with Gasteiger partial charge in [-0.3, -0.25) is 4.79 Å². The summed E-state index contributed by atoms with van der Waals surface area (Å²) < 4.78 is 38.9. The molecule has 2 heterocycles. The van der Waals surface area contributed by atoms with Gasteiger partial charge in [0, 0.05) is 10.9 Å². The van der Waals surface area contributed by atoms with Gasteiger partial charge in [0.15, 0.2) is 11.5 Å². The lowest BCUT2D eigenvalue weighted by Crippen LogP contribution is -2.27. The van der Waals surface area contributed by atoms with Gasteiger partial charge in [-0.05, 0) is 49.2 Å². The molecule has 0 aliphatic rings. The second kappa shape index (κ2) is 8.35. The fraction of sp³-hybridized carbons (Fsp3) is 0.174. The van der Waals surface area contributed by atoms with Crippen LogP contribution in [0.5, 0.6) is 0 Å². The maximum Gasteiger partial charge on any atom is 0.436 e. The highest BCUT2D eigenvalue weighted by molar-refractivity contribution is 5.96. The number of halogens is 3. The van der Waals surface area contributed by atoms with Crippen LogP contribution in [0.4, 0.5) is 13.2 Å². The number of hydrogen-bond donors (Lipinski definition) is 1. The fourth-order valence-electron chi connectivity index (χ4n) is 3.44. The molecule has 0 radical (unpaired) electrons. The van der Waals surface area contributed by atoms with Crippen molar-refractivity contribution >= 4 is 16.8 Å². The molecule has 4 aromatic rings. The number of amides is 1. The number of alkyl halides is 3. The minimum Gasteiger partial charge on any atom is -0.345 e. The highest BCUT2D eigenvalue weighted by Gasteiger charge is 2.34. The number of pyridine rings is 1. The van der Waals surface area contributed by atoms with Crippen LogP contribution in [-0.4, -0.2) is 25.9 Å². The summed E-state index contributed by atoms with van der Waals surface area (Å²) in [5.41, 5.74) is 1.44. The van der Waals surface area contributed by atoms with Gasteiger partial charge in [-0.15, -0.1) is 9.90 Å². The van der Waals surface area contributed by atoms with Crippen LogP contribution in [0, 0.1) is 18.3 Å². The number of para-hydroxylation sites is 1. The molecule has 2 aromatic carbocycles. The Hall–Kier alpha value is -4.26. The van der Waals surface area contributed by atoms with Crippen LogP contribution < -0.4 is 5.32 Å². The van der Waals surface area contributed by atoms with Crippen LogP contribution in [-0.2, 0) is 6.18 Å². The van der Waals surface area contributed by atoms with Crippen LogP contribution in [0.3, 0.4) is 0 Å². The largest absolute Gasteiger partial charge is 0.436 e. The quantitative estimate of drug-likeness (QED) is 0.494. The van der Waals surface area contributed by atoms with Crippen molar-refractivity contribution < 1.29 is 18.0 Å². The average Bonchev–Trinajstić information content (AvgIpc) is 3.29. The molecule has 166 valence electrons. The molecule has 0 saturated heterocycles. The zero-order chi connectivity index (χ0) is 23.8. The molecule has 1 atom stereocenters. The molecular weight excluding hydrogens is 433 g/mol. The maximum atomic E-state index is 13.0. The monoisotopic (exact) mass is 450 g/mol. The smallest absolute Gasteiger partial charge is 0.345 e. The van der Waals surface area contributed by atoms with Crippen molar-refractivity contribution in [2.24, 2.45) is 0 Å². The zero-order valence-corrected chi connectivity index (χ0v) is 17.6. The van der Waals surface area contributed by atoms with Gasteiger partial charge in [-0.25, -0.2) is 4.98 Å². The number of rotatable bonds is 4. The van der Waals surface area contributed by atoms with Crippen molar-refractivity contribution in [3.05, 3.63) is 82.7 Å². The molecule has 7 nitrogen and oxygen atoms in total. The first-order chi connectivity index (χ1) is 15.7. The summed E-state index contributed by atoms with van der Waals surface area (Å²) in [6.07, 6.45) is -4.00. The molecule has 0 aliphatic heterocycles. The fourth-order valence-corrected chi connectivity index (χ4v) is 3.44. The third-order valence-corrected chi connectivity index (χ3v) is 5.15. The minimum atomic E-state index is -4.63.